The molecule has 4 rings (SSSR count). The first kappa shape index (κ1) is 16.0. The van der Waals surface area contributed by atoms with Crippen molar-refractivity contribution in [1.29, 1.82) is 0 Å². The summed E-state index contributed by atoms with van der Waals surface area (Å²) in [6.45, 7) is 5.70. The molecule has 1 aliphatic carbocycles. The van der Waals surface area contributed by atoms with Crippen LogP contribution in [0.3, 0.4) is 0 Å². The van der Waals surface area contributed by atoms with Gasteiger partial charge in [0.15, 0.2) is 5.78 Å². The molecule has 0 aromatic heterocycles. The molecule has 1 amide bonds. The Morgan fingerprint density at radius 1 is 0.920 bits per heavy atom. The van der Waals surface area contributed by atoms with Crippen LogP contribution in [0.2, 0.25) is 0 Å². The molecule has 0 saturated carbocycles. The number of piperazine rings is 1. The highest BCUT2D eigenvalue weighted by molar-refractivity contribution is 6.22. The van der Waals surface area contributed by atoms with Gasteiger partial charge in [-0.2, -0.15) is 0 Å². The largest absolute Gasteiger partial charge is 0.336 e. The maximum absolute atomic E-state index is 13.0. The Bertz CT molecular complexity index is 862. The van der Waals surface area contributed by atoms with Crippen molar-refractivity contribution >= 4 is 11.7 Å². The van der Waals surface area contributed by atoms with Crippen molar-refractivity contribution in [1.82, 2.24) is 9.80 Å². The molecule has 2 aromatic rings. The minimum Gasteiger partial charge on any atom is -0.336 e. The molecular formula is C21H22N2O2. The maximum Gasteiger partial charge on any atom is 0.253 e. The lowest BCUT2D eigenvalue weighted by atomic mass is 10.0. The number of carbonyl (C=O) groups is 2. The first-order chi connectivity index (χ1) is 12.0. The quantitative estimate of drug-likeness (QED) is 0.687. The van der Waals surface area contributed by atoms with Crippen molar-refractivity contribution in [2.24, 2.45) is 0 Å². The van der Waals surface area contributed by atoms with Gasteiger partial charge in [-0.05, 0) is 44.2 Å². The van der Waals surface area contributed by atoms with Gasteiger partial charge in [0.05, 0.1) is 0 Å². The number of hydrogen-bond donors (Lipinski definition) is 0. The second-order valence-electron chi connectivity index (χ2n) is 7.21. The average Bonchev–Trinajstić information content (AvgIpc) is 2.91. The normalized spacial score (nSPS) is 22.7. The van der Waals surface area contributed by atoms with Gasteiger partial charge in [0.2, 0.25) is 0 Å². The molecule has 2 aliphatic rings. The number of likely N-dealkylation sites (N-methyl/N-ethyl adjacent to an activating group) is 1. The summed E-state index contributed by atoms with van der Waals surface area (Å²) in [5.41, 5.74) is 3.86. The first-order valence-corrected chi connectivity index (χ1v) is 8.76. The number of nitrogens with zero attached hydrogens (tertiary/aromatic N) is 2. The standard InChI is InChI=1S/C21H22N2O2/c1-13-11-23(12-14(2)22(13)3)21(25)15-8-9-17-16-6-4-5-7-18(16)20(24)19(17)10-15/h4-10,13-14H,11-12H2,1-3H3/t13-,14-/m0/s1. The van der Waals surface area contributed by atoms with Gasteiger partial charge >= 0.3 is 0 Å². The van der Waals surface area contributed by atoms with Crippen LogP contribution in [0.5, 0.6) is 0 Å². The van der Waals surface area contributed by atoms with Crippen molar-refractivity contribution in [3.8, 4) is 11.1 Å². The molecular weight excluding hydrogens is 312 g/mol. The second-order valence-corrected chi connectivity index (χ2v) is 7.21. The molecule has 128 valence electrons. The van der Waals surface area contributed by atoms with Crippen LogP contribution in [0.1, 0.15) is 40.1 Å². The Kier molecular flexibility index (Phi) is 3.73. The molecule has 1 aliphatic heterocycles. The van der Waals surface area contributed by atoms with Gasteiger partial charge in [0.1, 0.15) is 0 Å². The number of ketones is 1. The van der Waals surface area contributed by atoms with E-state index in [-0.39, 0.29) is 11.7 Å². The van der Waals surface area contributed by atoms with Gasteiger partial charge in [-0.25, -0.2) is 0 Å². The van der Waals surface area contributed by atoms with Crippen LogP contribution in [0.25, 0.3) is 11.1 Å². The summed E-state index contributed by atoms with van der Waals surface area (Å²) >= 11 is 0. The molecule has 25 heavy (non-hydrogen) atoms. The van der Waals surface area contributed by atoms with Crippen molar-refractivity contribution < 1.29 is 9.59 Å². The zero-order valence-electron chi connectivity index (χ0n) is 14.8. The number of hydrogen-bond acceptors (Lipinski definition) is 3. The predicted molar refractivity (Wildman–Crippen MR) is 97.9 cm³/mol. The Balaban J connectivity index is 1.65. The highest BCUT2D eigenvalue weighted by Gasteiger charge is 2.31. The van der Waals surface area contributed by atoms with Crippen molar-refractivity contribution in [2.45, 2.75) is 25.9 Å². The van der Waals surface area contributed by atoms with Gasteiger partial charge < -0.3 is 4.90 Å². The fourth-order valence-electron chi connectivity index (χ4n) is 3.91. The highest BCUT2D eigenvalue weighted by Crippen LogP contribution is 2.36. The lowest BCUT2D eigenvalue weighted by Crippen LogP contribution is -2.56. The smallest absolute Gasteiger partial charge is 0.253 e. The van der Waals surface area contributed by atoms with Gasteiger partial charge in [-0.3, -0.25) is 14.5 Å². The maximum atomic E-state index is 13.0. The summed E-state index contributed by atoms with van der Waals surface area (Å²) < 4.78 is 0. The van der Waals surface area contributed by atoms with Crippen LogP contribution in [0, 0.1) is 0 Å². The van der Waals surface area contributed by atoms with E-state index in [2.05, 4.69) is 25.8 Å². The van der Waals surface area contributed by atoms with E-state index >= 15 is 0 Å². The summed E-state index contributed by atoms with van der Waals surface area (Å²) in [4.78, 5) is 29.8. The summed E-state index contributed by atoms with van der Waals surface area (Å²) in [6.07, 6.45) is 0. The lowest BCUT2D eigenvalue weighted by Gasteiger charge is -2.42. The third-order valence-corrected chi connectivity index (χ3v) is 5.62. The SMILES string of the molecule is C[C@H]1CN(C(=O)c2ccc3c(c2)C(=O)c2ccccc2-3)C[C@H](C)N1C. The van der Waals surface area contributed by atoms with Gasteiger partial charge in [-0.1, -0.05) is 30.3 Å². The Morgan fingerprint density at radius 2 is 1.52 bits per heavy atom. The number of fused-ring (bicyclic) bond motifs is 3. The molecule has 0 radical (unpaired) electrons. The summed E-state index contributed by atoms with van der Waals surface area (Å²) in [6, 6.07) is 13.8. The number of carbonyl (C=O) groups excluding carboxylic acids is 2. The van der Waals surface area contributed by atoms with Crippen LogP contribution in [-0.2, 0) is 0 Å². The van der Waals surface area contributed by atoms with Crippen molar-refractivity contribution in [2.75, 3.05) is 20.1 Å². The molecule has 1 saturated heterocycles. The van der Waals surface area contributed by atoms with Crippen LogP contribution in [-0.4, -0.2) is 53.7 Å². The van der Waals surface area contributed by atoms with Crippen LogP contribution in [0.15, 0.2) is 42.5 Å². The minimum absolute atomic E-state index is 0.0124. The molecule has 0 bridgehead atoms. The molecule has 4 nitrogen and oxygen atoms in total. The zero-order valence-corrected chi connectivity index (χ0v) is 14.8. The number of benzene rings is 2. The molecule has 4 heteroatoms. The van der Waals surface area contributed by atoms with E-state index in [0.29, 0.717) is 36.3 Å². The molecule has 2 atom stereocenters. The Morgan fingerprint density at radius 3 is 2.20 bits per heavy atom. The lowest BCUT2D eigenvalue weighted by molar-refractivity contribution is 0.0414. The topological polar surface area (TPSA) is 40.6 Å². The zero-order chi connectivity index (χ0) is 17.7. The monoisotopic (exact) mass is 334 g/mol. The van der Waals surface area contributed by atoms with Crippen molar-refractivity contribution in [3.05, 3.63) is 59.2 Å². The number of rotatable bonds is 1. The van der Waals surface area contributed by atoms with Crippen LogP contribution >= 0.6 is 0 Å². The molecule has 0 N–H and O–H groups in total. The van der Waals surface area contributed by atoms with E-state index in [0.717, 1.165) is 16.7 Å². The second kappa shape index (κ2) is 5.81. The van der Waals surface area contributed by atoms with Gasteiger partial charge in [-0.15, -0.1) is 0 Å². The van der Waals surface area contributed by atoms with E-state index in [9.17, 15) is 9.59 Å². The number of amides is 1. The highest BCUT2D eigenvalue weighted by atomic mass is 16.2. The van der Waals surface area contributed by atoms with E-state index in [1.807, 2.05) is 41.3 Å². The fourth-order valence-corrected chi connectivity index (χ4v) is 3.91. The van der Waals surface area contributed by atoms with Gasteiger partial charge in [0.25, 0.3) is 5.91 Å². The average molecular weight is 334 g/mol. The van der Waals surface area contributed by atoms with E-state index in [1.165, 1.54) is 0 Å². The third kappa shape index (κ3) is 2.48. The Labute approximate surface area is 148 Å². The molecule has 0 unspecified atom stereocenters. The van der Waals surface area contributed by atoms with Crippen LogP contribution in [0.4, 0.5) is 0 Å². The molecule has 1 fully saturated rings. The van der Waals surface area contributed by atoms with E-state index in [1.54, 1.807) is 6.07 Å². The van der Waals surface area contributed by atoms with Gasteiger partial charge in [0, 0.05) is 41.9 Å². The van der Waals surface area contributed by atoms with E-state index < -0.39 is 0 Å². The molecule has 1 heterocycles. The van der Waals surface area contributed by atoms with Crippen LogP contribution < -0.4 is 0 Å². The predicted octanol–water partition coefficient (Wildman–Crippen LogP) is 3.06. The first-order valence-electron chi connectivity index (χ1n) is 8.76. The molecule has 0 spiro atoms. The minimum atomic E-state index is 0.0124. The molecule has 2 aromatic carbocycles. The fraction of sp³-hybridized carbons (Fsp3) is 0.333. The summed E-state index contributed by atoms with van der Waals surface area (Å²) in [5.74, 6) is 0.0266. The van der Waals surface area contributed by atoms with E-state index in [4.69, 9.17) is 0 Å². The van der Waals surface area contributed by atoms with Crippen molar-refractivity contribution in [3.63, 3.8) is 0 Å². The third-order valence-electron chi connectivity index (χ3n) is 5.62. The Hall–Kier alpha value is -2.46. The summed E-state index contributed by atoms with van der Waals surface area (Å²) in [5, 5.41) is 0. The summed E-state index contributed by atoms with van der Waals surface area (Å²) in [7, 11) is 2.10.